The lowest BCUT2D eigenvalue weighted by Gasteiger charge is -2.31. The van der Waals surface area contributed by atoms with Crippen LogP contribution >= 0.6 is 0 Å². The van der Waals surface area contributed by atoms with E-state index in [1.54, 1.807) is 25.3 Å². The summed E-state index contributed by atoms with van der Waals surface area (Å²) in [4.78, 5) is 27.2. The number of anilines is 1. The molecule has 1 aliphatic heterocycles. The zero-order valence-corrected chi connectivity index (χ0v) is 18.3. The van der Waals surface area contributed by atoms with E-state index in [-0.39, 0.29) is 12.3 Å². The molecule has 2 atom stereocenters. The van der Waals surface area contributed by atoms with Crippen molar-refractivity contribution in [3.8, 4) is 5.75 Å². The number of rotatable bonds is 6. The topological polar surface area (TPSA) is 101 Å². The van der Waals surface area contributed by atoms with E-state index in [9.17, 15) is 27.9 Å². The summed E-state index contributed by atoms with van der Waals surface area (Å²) in [6.45, 7) is 2.65. The summed E-state index contributed by atoms with van der Waals surface area (Å²) < 4.78 is 43.1. The maximum Gasteiger partial charge on any atom is 0.573 e. The normalized spacial score (nSPS) is 17.6. The van der Waals surface area contributed by atoms with Crippen molar-refractivity contribution >= 4 is 17.2 Å². The van der Waals surface area contributed by atoms with Crippen LogP contribution in [-0.4, -0.2) is 50.8 Å². The number of nitrogens with one attached hydrogen (secondary N) is 1. The van der Waals surface area contributed by atoms with Gasteiger partial charge in [0.25, 0.3) is 0 Å². The van der Waals surface area contributed by atoms with Crippen LogP contribution in [0.3, 0.4) is 0 Å². The van der Waals surface area contributed by atoms with Crippen molar-refractivity contribution in [2.75, 3.05) is 18.0 Å². The number of nitrogens with zero attached hydrogens (tertiary/aromatic N) is 4. The number of carbonyl (C=O) groups is 1. The van der Waals surface area contributed by atoms with Gasteiger partial charge in [-0.3, -0.25) is 9.20 Å². The summed E-state index contributed by atoms with van der Waals surface area (Å²) in [5, 5.41) is 16.9. The Morgan fingerprint density at radius 2 is 2.03 bits per heavy atom. The summed E-state index contributed by atoms with van der Waals surface area (Å²) in [5.74, 6) is -0.836. The molecule has 0 spiro atoms. The third-order valence-corrected chi connectivity index (χ3v) is 5.61. The lowest BCUT2D eigenvalue weighted by atomic mass is 10.1. The van der Waals surface area contributed by atoms with Crippen molar-refractivity contribution in [3.05, 3.63) is 58.6 Å². The first-order valence-electron chi connectivity index (χ1n) is 10.8. The van der Waals surface area contributed by atoms with Gasteiger partial charge in [0, 0.05) is 31.0 Å². The summed E-state index contributed by atoms with van der Waals surface area (Å²) >= 11 is 0. The largest absolute Gasteiger partial charge is 0.573 e. The predicted molar refractivity (Wildman–Crippen MR) is 117 cm³/mol. The fourth-order valence-corrected chi connectivity index (χ4v) is 3.96. The molecule has 0 bridgehead atoms. The van der Waals surface area contributed by atoms with Gasteiger partial charge in [-0.15, -0.1) is 18.3 Å². The Kier molecular flexibility index (Phi) is 6.51. The number of piperidine rings is 1. The summed E-state index contributed by atoms with van der Waals surface area (Å²) in [5.41, 5.74) is 1.30. The molecule has 4 rings (SSSR count). The number of hydrogen-bond donors (Lipinski definition) is 2. The molecule has 34 heavy (non-hydrogen) atoms. The van der Waals surface area contributed by atoms with Crippen molar-refractivity contribution in [2.45, 2.75) is 44.8 Å². The Labute approximate surface area is 192 Å². The number of pyridine rings is 1. The van der Waals surface area contributed by atoms with E-state index >= 15 is 0 Å². The minimum atomic E-state index is -4.78. The van der Waals surface area contributed by atoms with E-state index < -0.39 is 30.1 Å². The van der Waals surface area contributed by atoms with E-state index in [1.807, 2.05) is 4.90 Å². The van der Waals surface area contributed by atoms with E-state index in [1.165, 1.54) is 16.5 Å². The van der Waals surface area contributed by atoms with Gasteiger partial charge >= 0.3 is 12.1 Å². The van der Waals surface area contributed by atoms with E-state index in [0.717, 1.165) is 41.9 Å². The molecule has 1 aliphatic rings. The first kappa shape index (κ1) is 23.6. The van der Waals surface area contributed by atoms with Gasteiger partial charge in [0.05, 0.1) is 12.1 Å². The van der Waals surface area contributed by atoms with Gasteiger partial charge in [-0.05, 0) is 43.5 Å². The molecule has 2 N–H and O–H groups in total. The van der Waals surface area contributed by atoms with E-state index in [4.69, 9.17) is 0 Å². The maximum absolute atomic E-state index is 12.6. The second-order valence-corrected chi connectivity index (χ2v) is 8.20. The highest BCUT2D eigenvalue weighted by Crippen LogP contribution is 2.24. The first-order chi connectivity index (χ1) is 16.1. The molecule has 0 unspecified atom stereocenters. The molecule has 0 saturated carbocycles. The molecule has 9 nitrogen and oxygen atoms in total. The molecule has 2 aromatic heterocycles. The van der Waals surface area contributed by atoms with Gasteiger partial charge in [0.2, 0.25) is 5.91 Å². The number of benzene rings is 1. The van der Waals surface area contributed by atoms with Gasteiger partial charge in [0.15, 0.2) is 5.65 Å². The summed E-state index contributed by atoms with van der Waals surface area (Å²) in [6, 6.07) is 8.16. The Hall–Kier alpha value is -3.54. The number of fused-ring (bicyclic) bond motifs is 1. The number of amides is 1. The summed E-state index contributed by atoms with van der Waals surface area (Å²) in [6.07, 6.45) is -1.97. The number of aliphatic hydroxyl groups excluding tert-OH is 1. The molecule has 3 aromatic rings. The first-order valence-corrected chi connectivity index (χ1v) is 10.8. The number of ether oxygens (including phenoxy) is 1. The zero-order chi connectivity index (χ0) is 24.5. The van der Waals surface area contributed by atoms with E-state index in [2.05, 4.69) is 15.2 Å². The van der Waals surface area contributed by atoms with E-state index in [0.29, 0.717) is 17.8 Å². The van der Waals surface area contributed by atoms with Crippen molar-refractivity contribution < 1.29 is 27.8 Å². The second-order valence-electron chi connectivity index (χ2n) is 8.20. The molecule has 1 fully saturated rings. The van der Waals surface area contributed by atoms with Gasteiger partial charge < -0.3 is 20.1 Å². The number of halogens is 3. The monoisotopic (exact) mass is 479 g/mol. The van der Waals surface area contributed by atoms with Crippen LogP contribution in [0.5, 0.6) is 5.75 Å². The highest BCUT2D eigenvalue weighted by Gasteiger charge is 2.31. The lowest BCUT2D eigenvalue weighted by Crippen LogP contribution is -2.38. The minimum Gasteiger partial charge on any atom is -0.406 e. The minimum absolute atomic E-state index is 0.322. The SMILES string of the molecule is C[C@H](NC(=O)Cn1nc2cc(N3CCC[C@@H](O)C3)ccn2c1=O)c1ccc(OC(F)(F)F)cc1. The molecule has 1 saturated heterocycles. The quantitative estimate of drug-likeness (QED) is 0.563. The van der Waals surface area contributed by atoms with Crippen LogP contribution in [-0.2, 0) is 11.3 Å². The average Bonchev–Trinajstić information content (AvgIpc) is 3.07. The number of carbonyl (C=O) groups excluding carboxylic acids is 1. The van der Waals surface area contributed by atoms with Gasteiger partial charge in [0.1, 0.15) is 12.3 Å². The van der Waals surface area contributed by atoms with Crippen LogP contribution in [0.4, 0.5) is 18.9 Å². The zero-order valence-electron chi connectivity index (χ0n) is 18.3. The van der Waals surface area contributed by atoms with Gasteiger partial charge in [-0.2, -0.15) is 0 Å². The lowest BCUT2D eigenvalue weighted by molar-refractivity contribution is -0.274. The molecule has 0 radical (unpaired) electrons. The molecule has 3 heterocycles. The molecular formula is C22H24F3N5O4. The number of aromatic nitrogens is 3. The van der Waals surface area contributed by atoms with Crippen molar-refractivity contribution in [1.29, 1.82) is 0 Å². The van der Waals surface area contributed by atoms with Gasteiger partial charge in [-0.25, -0.2) is 9.48 Å². The van der Waals surface area contributed by atoms with Crippen molar-refractivity contribution in [2.24, 2.45) is 0 Å². The Bertz CT molecular complexity index is 1220. The number of hydrogen-bond acceptors (Lipinski definition) is 6. The van der Waals surface area contributed by atoms with Crippen LogP contribution in [0.25, 0.3) is 5.65 Å². The average molecular weight is 479 g/mol. The van der Waals surface area contributed by atoms with Crippen molar-refractivity contribution in [3.63, 3.8) is 0 Å². The fraction of sp³-hybridized carbons (Fsp3) is 0.409. The van der Waals surface area contributed by atoms with Crippen LogP contribution in [0, 0.1) is 0 Å². The molecule has 1 aromatic carbocycles. The molecule has 182 valence electrons. The predicted octanol–water partition coefficient (Wildman–Crippen LogP) is 2.23. The van der Waals surface area contributed by atoms with Crippen LogP contribution in [0.2, 0.25) is 0 Å². The maximum atomic E-state index is 12.6. The number of β-amino-alcohol motifs (C(OH)–C–C–N with tert-alkyl or cyclic N) is 1. The fourth-order valence-electron chi connectivity index (χ4n) is 3.96. The Balaban J connectivity index is 1.42. The van der Waals surface area contributed by atoms with Gasteiger partial charge in [-0.1, -0.05) is 12.1 Å². The Morgan fingerprint density at radius 1 is 1.29 bits per heavy atom. The van der Waals surface area contributed by atoms with Crippen LogP contribution in [0.15, 0.2) is 47.4 Å². The smallest absolute Gasteiger partial charge is 0.406 e. The molecular weight excluding hydrogens is 455 g/mol. The van der Waals surface area contributed by atoms with Crippen LogP contribution in [0.1, 0.15) is 31.4 Å². The Morgan fingerprint density at radius 3 is 2.71 bits per heavy atom. The third-order valence-electron chi connectivity index (χ3n) is 5.61. The molecule has 12 heteroatoms. The number of aliphatic hydroxyl groups is 1. The highest BCUT2D eigenvalue weighted by atomic mass is 19.4. The van der Waals surface area contributed by atoms with Crippen molar-refractivity contribution in [1.82, 2.24) is 19.5 Å². The molecule has 0 aliphatic carbocycles. The highest BCUT2D eigenvalue weighted by molar-refractivity contribution is 5.76. The third kappa shape index (κ3) is 5.50. The summed E-state index contributed by atoms with van der Waals surface area (Å²) in [7, 11) is 0. The number of alkyl halides is 3. The van der Waals surface area contributed by atoms with Crippen LogP contribution < -0.4 is 20.6 Å². The standard InChI is InChI=1S/C22H24F3N5O4/c1-14(15-4-6-18(7-5-15)34-22(23,24)25)26-20(32)13-30-21(33)29-10-8-16(11-19(29)27-30)28-9-2-3-17(31)12-28/h4-8,10-11,14,17,31H,2-3,9,12-13H2,1H3,(H,26,32)/t14-,17+/m0/s1. The molecule has 1 amide bonds. The second kappa shape index (κ2) is 9.37.